The number of benzene rings is 1. The first-order valence-electron chi connectivity index (χ1n) is 5.62. The van der Waals surface area contributed by atoms with Crippen molar-refractivity contribution in [2.75, 3.05) is 11.4 Å². The van der Waals surface area contributed by atoms with Crippen LogP contribution in [0.5, 0.6) is 0 Å². The molecule has 102 valence electrons. The fourth-order valence-corrected chi connectivity index (χ4v) is 2.27. The van der Waals surface area contributed by atoms with Gasteiger partial charge in [0, 0.05) is 24.6 Å². The zero-order valence-corrected chi connectivity index (χ0v) is 10.6. The molecule has 2 nitrogen and oxygen atoms in total. The second kappa shape index (κ2) is 4.89. The van der Waals surface area contributed by atoms with E-state index in [1.165, 1.54) is 11.0 Å². The summed E-state index contributed by atoms with van der Waals surface area (Å²) in [6, 6.07) is 3.49. The lowest BCUT2D eigenvalue weighted by Crippen LogP contribution is -2.24. The van der Waals surface area contributed by atoms with Crippen LogP contribution in [0, 0.1) is 5.92 Å². The average Bonchev–Trinajstić information content (AvgIpc) is 2.70. The Hall–Kier alpha value is -1.49. The van der Waals surface area contributed by atoms with Gasteiger partial charge in [-0.25, -0.2) is 0 Å². The second-order valence-corrected chi connectivity index (χ2v) is 4.77. The number of alkyl halides is 3. The van der Waals surface area contributed by atoms with Gasteiger partial charge in [-0.05, 0) is 18.2 Å². The lowest BCUT2D eigenvalue weighted by molar-refractivity contribution is -0.137. The van der Waals surface area contributed by atoms with Gasteiger partial charge in [0.1, 0.15) is 0 Å². The van der Waals surface area contributed by atoms with Crippen molar-refractivity contribution in [2.24, 2.45) is 5.92 Å². The van der Waals surface area contributed by atoms with Crippen molar-refractivity contribution in [3.05, 3.63) is 41.4 Å². The Labute approximate surface area is 113 Å². The van der Waals surface area contributed by atoms with Gasteiger partial charge in [-0.3, -0.25) is 4.79 Å². The highest BCUT2D eigenvalue weighted by molar-refractivity contribution is 6.31. The molecule has 1 heterocycles. The molecule has 1 amide bonds. The van der Waals surface area contributed by atoms with E-state index in [0.29, 0.717) is 6.54 Å². The van der Waals surface area contributed by atoms with Crippen LogP contribution in [0.3, 0.4) is 0 Å². The van der Waals surface area contributed by atoms with Gasteiger partial charge in [-0.2, -0.15) is 13.2 Å². The van der Waals surface area contributed by atoms with E-state index in [1.54, 1.807) is 6.08 Å². The quantitative estimate of drug-likeness (QED) is 0.756. The summed E-state index contributed by atoms with van der Waals surface area (Å²) in [5.41, 5.74) is -0.715. The number of halogens is 4. The summed E-state index contributed by atoms with van der Waals surface area (Å²) < 4.78 is 38.3. The summed E-state index contributed by atoms with van der Waals surface area (Å²) in [7, 11) is 0. The number of nitrogens with zero attached hydrogens (tertiary/aromatic N) is 1. The van der Waals surface area contributed by atoms with Crippen LogP contribution in [0.25, 0.3) is 0 Å². The number of hydrogen-bond donors (Lipinski definition) is 0. The molecular formula is C13H11ClF3NO. The molecule has 0 spiro atoms. The Kier molecular flexibility index (Phi) is 3.58. The van der Waals surface area contributed by atoms with Gasteiger partial charge in [-0.1, -0.05) is 17.7 Å². The van der Waals surface area contributed by atoms with Crippen molar-refractivity contribution >= 4 is 23.2 Å². The Morgan fingerprint density at radius 1 is 1.42 bits per heavy atom. The van der Waals surface area contributed by atoms with Crippen LogP contribution in [0.4, 0.5) is 18.9 Å². The van der Waals surface area contributed by atoms with Gasteiger partial charge in [0.15, 0.2) is 0 Å². The van der Waals surface area contributed by atoms with Gasteiger partial charge < -0.3 is 4.90 Å². The zero-order valence-electron chi connectivity index (χ0n) is 9.88. The predicted octanol–water partition coefficient (Wildman–Crippen LogP) is 3.90. The lowest BCUT2D eigenvalue weighted by Gasteiger charge is -2.18. The maximum absolute atomic E-state index is 12.8. The van der Waals surface area contributed by atoms with Crippen LogP contribution in [0.15, 0.2) is 30.9 Å². The number of carbonyl (C=O) groups excluding carboxylic acids is 1. The standard InChI is InChI=1S/C13H11ClF3NO/c1-2-8-5-12(19)18(7-8)9-3-4-11(14)10(6-9)13(15,16)17/h2-4,6,8H,1,5,7H2. The lowest BCUT2D eigenvalue weighted by atomic mass is 10.1. The van der Waals surface area contributed by atoms with Crippen molar-refractivity contribution in [3.63, 3.8) is 0 Å². The van der Waals surface area contributed by atoms with Crippen molar-refractivity contribution < 1.29 is 18.0 Å². The first kappa shape index (κ1) is 13.9. The largest absolute Gasteiger partial charge is 0.417 e. The van der Waals surface area contributed by atoms with Gasteiger partial charge in [0.2, 0.25) is 5.91 Å². The van der Waals surface area contributed by atoms with E-state index in [2.05, 4.69) is 6.58 Å². The Bertz CT molecular complexity index is 527. The molecule has 0 aliphatic carbocycles. The minimum atomic E-state index is -4.53. The van der Waals surface area contributed by atoms with Crippen LogP contribution in [0.1, 0.15) is 12.0 Å². The summed E-state index contributed by atoms with van der Waals surface area (Å²) in [6.45, 7) is 3.94. The predicted molar refractivity (Wildman–Crippen MR) is 67.1 cm³/mol. The van der Waals surface area contributed by atoms with Crippen LogP contribution >= 0.6 is 11.6 Å². The molecule has 1 aliphatic rings. The Morgan fingerprint density at radius 2 is 2.11 bits per heavy atom. The molecule has 1 aromatic carbocycles. The molecule has 0 N–H and O–H groups in total. The smallest absolute Gasteiger partial charge is 0.312 e. The van der Waals surface area contributed by atoms with E-state index in [4.69, 9.17) is 11.6 Å². The molecule has 0 radical (unpaired) electrons. The number of carbonyl (C=O) groups is 1. The zero-order chi connectivity index (χ0) is 14.2. The van der Waals surface area contributed by atoms with Crippen LogP contribution in [-0.4, -0.2) is 12.5 Å². The van der Waals surface area contributed by atoms with Crippen LogP contribution in [0.2, 0.25) is 5.02 Å². The highest BCUT2D eigenvalue weighted by atomic mass is 35.5. The molecule has 0 bridgehead atoms. The number of hydrogen-bond acceptors (Lipinski definition) is 1. The van der Waals surface area contributed by atoms with E-state index >= 15 is 0 Å². The average molecular weight is 290 g/mol. The molecule has 19 heavy (non-hydrogen) atoms. The highest BCUT2D eigenvalue weighted by Crippen LogP contribution is 2.38. The highest BCUT2D eigenvalue weighted by Gasteiger charge is 2.35. The van der Waals surface area contributed by atoms with Crippen molar-refractivity contribution in [1.82, 2.24) is 0 Å². The second-order valence-electron chi connectivity index (χ2n) is 4.37. The monoisotopic (exact) mass is 289 g/mol. The van der Waals surface area contributed by atoms with Crippen LogP contribution in [-0.2, 0) is 11.0 Å². The molecular weight excluding hydrogens is 279 g/mol. The van der Waals surface area contributed by atoms with E-state index < -0.39 is 11.7 Å². The third kappa shape index (κ3) is 2.76. The fraction of sp³-hybridized carbons (Fsp3) is 0.308. The molecule has 1 saturated heterocycles. The third-order valence-corrected chi connectivity index (χ3v) is 3.38. The number of anilines is 1. The molecule has 6 heteroatoms. The van der Waals surface area contributed by atoms with Crippen molar-refractivity contribution in [2.45, 2.75) is 12.6 Å². The maximum atomic E-state index is 12.8. The summed E-state index contributed by atoms with van der Waals surface area (Å²) in [5.74, 6) is -0.238. The molecule has 0 saturated carbocycles. The third-order valence-electron chi connectivity index (χ3n) is 3.06. The molecule has 1 aliphatic heterocycles. The van der Waals surface area contributed by atoms with E-state index in [9.17, 15) is 18.0 Å². The number of rotatable bonds is 2. The first-order valence-corrected chi connectivity index (χ1v) is 6.00. The summed E-state index contributed by atoms with van der Waals surface area (Å²) in [6.07, 6.45) is -2.63. The van der Waals surface area contributed by atoms with E-state index in [-0.39, 0.29) is 29.0 Å². The Balaban J connectivity index is 2.37. The van der Waals surface area contributed by atoms with E-state index in [0.717, 1.165) is 12.1 Å². The topological polar surface area (TPSA) is 20.3 Å². The van der Waals surface area contributed by atoms with E-state index in [1.807, 2.05) is 0 Å². The summed E-state index contributed by atoms with van der Waals surface area (Å²) in [4.78, 5) is 13.1. The molecule has 1 atom stereocenters. The molecule has 2 rings (SSSR count). The SMILES string of the molecule is C=CC1CC(=O)N(c2ccc(Cl)c(C(F)(F)F)c2)C1. The number of amides is 1. The Morgan fingerprint density at radius 3 is 2.63 bits per heavy atom. The van der Waals surface area contributed by atoms with Gasteiger partial charge in [0.05, 0.1) is 10.6 Å². The van der Waals surface area contributed by atoms with Crippen LogP contribution < -0.4 is 4.90 Å². The molecule has 0 aromatic heterocycles. The van der Waals surface area contributed by atoms with Gasteiger partial charge in [0.25, 0.3) is 0 Å². The minimum Gasteiger partial charge on any atom is -0.312 e. The molecule has 1 fully saturated rings. The molecule has 1 aromatic rings. The molecule has 1 unspecified atom stereocenters. The first-order chi connectivity index (χ1) is 8.82. The van der Waals surface area contributed by atoms with Gasteiger partial charge in [-0.15, -0.1) is 6.58 Å². The van der Waals surface area contributed by atoms with Gasteiger partial charge >= 0.3 is 6.18 Å². The fourth-order valence-electron chi connectivity index (χ4n) is 2.04. The van der Waals surface area contributed by atoms with Crippen molar-refractivity contribution in [3.8, 4) is 0 Å². The normalized spacial score (nSPS) is 19.9. The summed E-state index contributed by atoms with van der Waals surface area (Å²) in [5, 5.41) is -0.372. The van der Waals surface area contributed by atoms with Crippen molar-refractivity contribution in [1.29, 1.82) is 0 Å². The minimum absolute atomic E-state index is 0.0301. The maximum Gasteiger partial charge on any atom is 0.417 e. The summed E-state index contributed by atoms with van der Waals surface area (Å²) >= 11 is 5.54.